The maximum absolute atomic E-state index is 6.09. The van der Waals surface area contributed by atoms with Crippen LogP contribution >= 0.6 is 0 Å². The quantitative estimate of drug-likeness (QED) is 0.554. The fourth-order valence-corrected chi connectivity index (χ4v) is 5.11. The summed E-state index contributed by atoms with van der Waals surface area (Å²) in [6.45, 7) is 11.4. The fourth-order valence-electron chi connectivity index (χ4n) is 5.11. The largest absolute Gasteiger partial charge is 0.373 e. The van der Waals surface area contributed by atoms with Gasteiger partial charge in [-0.05, 0) is 51.6 Å². The van der Waals surface area contributed by atoms with Crippen LogP contribution in [0.25, 0.3) is 0 Å². The number of ether oxygens (including phenoxy) is 1. The van der Waals surface area contributed by atoms with E-state index in [2.05, 4.69) is 64.6 Å². The maximum Gasteiger partial charge on any atom is 0.191 e. The topological polar surface area (TPSA) is 52.1 Å². The summed E-state index contributed by atoms with van der Waals surface area (Å²) in [5.74, 6) is 0.943. The Morgan fingerprint density at radius 2 is 2.07 bits per heavy atom. The predicted octanol–water partition coefficient (Wildman–Crippen LogP) is 2.46. The van der Waals surface area contributed by atoms with Crippen molar-refractivity contribution in [3.63, 3.8) is 0 Å². The van der Waals surface area contributed by atoms with Crippen molar-refractivity contribution < 1.29 is 4.74 Å². The van der Waals surface area contributed by atoms with Crippen LogP contribution in [-0.4, -0.2) is 79.3 Å². The number of guanidine groups is 1. The van der Waals surface area contributed by atoms with E-state index in [-0.39, 0.29) is 6.10 Å². The van der Waals surface area contributed by atoms with Crippen LogP contribution in [0, 0.1) is 0 Å². The summed E-state index contributed by atoms with van der Waals surface area (Å²) < 4.78 is 6.09. The highest BCUT2D eigenvalue weighted by atomic mass is 16.5. The zero-order valence-electron chi connectivity index (χ0n) is 18.7. The molecule has 2 N–H and O–H groups in total. The molecule has 3 heterocycles. The van der Waals surface area contributed by atoms with Gasteiger partial charge >= 0.3 is 0 Å². The molecule has 3 fully saturated rings. The normalized spacial score (nSPS) is 30.8. The van der Waals surface area contributed by atoms with Crippen molar-refractivity contribution in [1.82, 2.24) is 20.4 Å². The molecule has 0 saturated carbocycles. The summed E-state index contributed by atoms with van der Waals surface area (Å²) in [4.78, 5) is 10.1. The molecule has 0 radical (unpaired) electrons. The Hall–Kier alpha value is -1.63. The number of rotatable bonds is 6. The van der Waals surface area contributed by atoms with Gasteiger partial charge in [0.15, 0.2) is 5.96 Å². The Labute approximate surface area is 182 Å². The van der Waals surface area contributed by atoms with Crippen molar-refractivity contribution in [3.8, 4) is 0 Å². The third-order valence-corrected chi connectivity index (χ3v) is 6.84. The van der Waals surface area contributed by atoms with Gasteiger partial charge < -0.3 is 15.4 Å². The molecule has 166 valence electrons. The van der Waals surface area contributed by atoms with E-state index in [1.807, 2.05) is 0 Å². The molecule has 0 spiro atoms. The van der Waals surface area contributed by atoms with E-state index < -0.39 is 0 Å². The third-order valence-electron chi connectivity index (χ3n) is 6.84. The molecule has 0 amide bonds. The van der Waals surface area contributed by atoms with Gasteiger partial charge in [0.25, 0.3) is 0 Å². The average Bonchev–Trinajstić information content (AvgIpc) is 3.23. The second-order valence-electron chi connectivity index (χ2n) is 9.14. The van der Waals surface area contributed by atoms with Gasteiger partial charge in [-0.2, -0.15) is 0 Å². The van der Waals surface area contributed by atoms with Crippen LogP contribution in [-0.2, 0) is 11.3 Å². The Balaban J connectivity index is 1.26. The summed E-state index contributed by atoms with van der Waals surface area (Å²) in [7, 11) is 0. The van der Waals surface area contributed by atoms with Gasteiger partial charge in [0.05, 0.1) is 19.3 Å². The van der Waals surface area contributed by atoms with Gasteiger partial charge in [0.1, 0.15) is 0 Å². The molecule has 3 aliphatic rings. The molecule has 4 unspecified atom stereocenters. The lowest BCUT2D eigenvalue weighted by Crippen LogP contribution is -2.52. The number of aliphatic imine (C=N–C) groups is 1. The van der Waals surface area contributed by atoms with Gasteiger partial charge in [0, 0.05) is 44.3 Å². The number of hydrogen-bond donors (Lipinski definition) is 2. The Morgan fingerprint density at radius 3 is 2.87 bits per heavy atom. The van der Waals surface area contributed by atoms with Gasteiger partial charge in [0.2, 0.25) is 0 Å². The first-order valence-corrected chi connectivity index (χ1v) is 11.9. The number of benzene rings is 1. The third kappa shape index (κ3) is 5.74. The van der Waals surface area contributed by atoms with Crippen LogP contribution < -0.4 is 10.6 Å². The van der Waals surface area contributed by atoms with E-state index in [0.29, 0.717) is 18.1 Å². The molecule has 0 aromatic heterocycles. The van der Waals surface area contributed by atoms with Crippen LogP contribution in [0.15, 0.2) is 35.3 Å². The molecular formula is C24H39N5O. The molecule has 6 nitrogen and oxygen atoms in total. The summed E-state index contributed by atoms with van der Waals surface area (Å²) in [5, 5.41) is 7.14. The highest BCUT2D eigenvalue weighted by molar-refractivity contribution is 5.80. The highest BCUT2D eigenvalue weighted by Gasteiger charge is 2.32. The number of piperidine rings is 1. The van der Waals surface area contributed by atoms with E-state index in [0.717, 1.165) is 58.1 Å². The van der Waals surface area contributed by atoms with Crippen molar-refractivity contribution in [3.05, 3.63) is 35.9 Å². The van der Waals surface area contributed by atoms with Crippen molar-refractivity contribution >= 4 is 5.96 Å². The highest BCUT2D eigenvalue weighted by Crippen LogP contribution is 2.23. The molecule has 3 saturated heterocycles. The average molecular weight is 414 g/mol. The number of hydrogen-bond acceptors (Lipinski definition) is 4. The molecular weight excluding hydrogens is 374 g/mol. The molecule has 3 aliphatic heterocycles. The van der Waals surface area contributed by atoms with E-state index in [1.165, 1.54) is 24.9 Å². The summed E-state index contributed by atoms with van der Waals surface area (Å²) in [6, 6.07) is 12.5. The number of fused-ring (bicyclic) bond motifs is 1. The van der Waals surface area contributed by atoms with Crippen LogP contribution in [0.3, 0.4) is 0 Å². The second kappa shape index (κ2) is 10.6. The zero-order chi connectivity index (χ0) is 20.8. The van der Waals surface area contributed by atoms with Gasteiger partial charge in [-0.1, -0.05) is 30.3 Å². The van der Waals surface area contributed by atoms with Gasteiger partial charge in [-0.25, -0.2) is 0 Å². The number of likely N-dealkylation sites (tertiary alicyclic amines) is 1. The molecule has 0 bridgehead atoms. The molecule has 1 aromatic rings. The summed E-state index contributed by atoms with van der Waals surface area (Å²) >= 11 is 0. The molecule has 0 aliphatic carbocycles. The summed E-state index contributed by atoms with van der Waals surface area (Å²) in [6.07, 6.45) is 5.13. The van der Waals surface area contributed by atoms with Crippen molar-refractivity contribution in [2.75, 3.05) is 39.3 Å². The van der Waals surface area contributed by atoms with Crippen molar-refractivity contribution in [2.24, 2.45) is 4.99 Å². The van der Waals surface area contributed by atoms with E-state index >= 15 is 0 Å². The van der Waals surface area contributed by atoms with Gasteiger partial charge in [-0.15, -0.1) is 0 Å². The lowest BCUT2D eigenvalue weighted by Gasteiger charge is -2.38. The molecule has 4 atom stereocenters. The monoisotopic (exact) mass is 413 g/mol. The number of nitrogens with zero attached hydrogens (tertiary/aromatic N) is 3. The minimum Gasteiger partial charge on any atom is -0.373 e. The SMILES string of the molecule is CCNC(=NCC1CN2CCCC2CO1)NC1CCN(Cc2ccccc2)C(C)C1. The first kappa shape index (κ1) is 21.6. The van der Waals surface area contributed by atoms with E-state index in [4.69, 9.17) is 9.73 Å². The van der Waals surface area contributed by atoms with E-state index in [9.17, 15) is 0 Å². The fraction of sp³-hybridized carbons (Fsp3) is 0.708. The van der Waals surface area contributed by atoms with Crippen LogP contribution in [0.2, 0.25) is 0 Å². The van der Waals surface area contributed by atoms with Crippen LogP contribution in [0.4, 0.5) is 0 Å². The minimum absolute atomic E-state index is 0.224. The second-order valence-corrected chi connectivity index (χ2v) is 9.14. The van der Waals surface area contributed by atoms with E-state index in [1.54, 1.807) is 0 Å². The van der Waals surface area contributed by atoms with Crippen LogP contribution in [0.1, 0.15) is 45.1 Å². The molecule has 30 heavy (non-hydrogen) atoms. The van der Waals surface area contributed by atoms with Crippen LogP contribution in [0.5, 0.6) is 0 Å². The summed E-state index contributed by atoms with van der Waals surface area (Å²) in [5.41, 5.74) is 1.40. The first-order chi connectivity index (χ1) is 14.7. The Kier molecular flexibility index (Phi) is 7.63. The van der Waals surface area contributed by atoms with Gasteiger partial charge in [-0.3, -0.25) is 14.8 Å². The minimum atomic E-state index is 0.224. The smallest absolute Gasteiger partial charge is 0.191 e. The first-order valence-electron chi connectivity index (χ1n) is 11.9. The van der Waals surface area contributed by atoms with Crippen molar-refractivity contribution in [1.29, 1.82) is 0 Å². The zero-order valence-corrected chi connectivity index (χ0v) is 18.7. The number of morpholine rings is 1. The standard InChI is InChI=1S/C24H39N5O/c1-3-25-24(26-15-23-17-29-12-7-10-22(29)18-30-23)27-21-11-13-28(19(2)14-21)16-20-8-5-4-6-9-20/h4-6,8-9,19,21-23H,3,7,10-18H2,1-2H3,(H2,25,26,27). The number of nitrogens with one attached hydrogen (secondary N) is 2. The lowest BCUT2D eigenvalue weighted by atomic mass is 9.97. The Morgan fingerprint density at radius 1 is 1.20 bits per heavy atom. The molecule has 4 rings (SSSR count). The van der Waals surface area contributed by atoms with Crippen molar-refractivity contribution in [2.45, 2.75) is 70.3 Å². The Bertz CT molecular complexity index is 681. The molecule has 6 heteroatoms. The predicted molar refractivity (Wildman–Crippen MR) is 123 cm³/mol. The maximum atomic E-state index is 6.09. The lowest BCUT2D eigenvalue weighted by molar-refractivity contribution is -0.0432. The molecule has 1 aromatic carbocycles.